The summed E-state index contributed by atoms with van der Waals surface area (Å²) in [6.45, 7) is 9.16. The largest absolute Gasteiger partial charge is 0.317 e. The van der Waals surface area contributed by atoms with Gasteiger partial charge in [-0.1, -0.05) is 45.0 Å². The van der Waals surface area contributed by atoms with E-state index in [0.29, 0.717) is 0 Å². The molecule has 16 heavy (non-hydrogen) atoms. The third kappa shape index (κ3) is 2.65. The van der Waals surface area contributed by atoms with Crippen molar-refractivity contribution in [3.05, 3.63) is 35.4 Å². The van der Waals surface area contributed by atoms with Gasteiger partial charge in [-0.05, 0) is 48.4 Å². The van der Waals surface area contributed by atoms with Crippen LogP contribution in [0, 0.1) is 0 Å². The molecule has 0 amide bonds. The van der Waals surface area contributed by atoms with Gasteiger partial charge in [0.2, 0.25) is 0 Å². The predicted molar refractivity (Wildman–Crippen MR) is 70.0 cm³/mol. The quantitative estimate of drug-likeness (QED) is 0.759. The molecule has 0 bridgehead atoms. The lowest BCUT2D eigenvalue weighted by atomic mass is 9.84. The molecule has 1 saturated heterocycles. The molecule has 1 aromatic rings. The van der Waals surface area contributed by atoms with Crippen molar-refractivity contribution < 1.29 is 0 Å². The minimum atomic E-state index is 0.270. The normalized spacial score (nSPS) is 18.7. The highest BCUT2D eigenvalue weighted by Crippen LogP contribution is 2.28. The maximum absolute atomic E-state index is 3.42. The van der Waals surface area contributed by atoms with Crippen LogP contribution < -0.4 is 5.32 Å². The van der Waals surface area contributed by atoms with Crippen LogP contribution in [0.2, 0.25) is 0 Å². The summed E-state index contributed by atoms with van der Waals surface area (Å²) in [6, 6.07) is 9.27. The first-order valence-electron chi connectivity index (χ1n) is 6.38. The van der Waals surface area contributed by atoms with Gasteiger partial charge in [0.1, 0.15) is 0 Å². The van der Waals surface area contributed by atoms with E-state index in [4.69, 9.17) is 0 Å². The standard InChI is InChI=1S/C15H23N/c1-15(2,3)14-6-4-12(5-7-14)13-8-10-16-11-9-13/h4-7,13,16H,8-11H2,1-3H3. The zero-order valence-corrected chi connectivity index (χ0v) is 10.7. The predicted octanol–water partition coefficient (Wildman–Crippen LogP) is 3.45. The lowest BCUT2D eigenvalue weighted by Crippen LogP contribution is -2.26. The van der Waals surface area contributed by atoms with Gasteiger partial charge in [0.25, 0.3) is 0 Å². The molecule has 0 aliphatic carbocycles. The Morgan fingerprint density at radius 3 is 2.06 bits per heavy atom. The second-order valence-electron chi connectivity index (χ2n) is 5.90. The van der Waals surface area contributed by atoms with Crippen molar-refractivity contribution in [1.29, 1.82) is 0 Å². The van der Waals surface area contributed by atoms with Crippen LogP contribution in [0.15, 0.2) is 24.3 Å². The molecule has 1 aliphatic heterocycles. The average Bonchev–Trinajstić information content (AvgIpc) is 2.29. The fourth-order valence-electron chi connectivity index (χ4n) is 2.41. The van der Waals surface area contributed by atoms with E-state index in [0.717, 1.165) is 5.92 Å². The molecule has 0 unspecified atom stereocenters. The Hall–Kier alpha value is -0.820. The van der Waals surface area contributed by atoms with Gasteiger partial charge in [-0.2, -0.15) is 0 Å². The van der Waals surface area contributed by atoms with Crippen molar-refractivity contribution in [2.45, 2.75) is 44.9 Å². The SMILES string of the molecule is CC(C)(C)c1ccc(C2CCNCC2)cc1. The first-order chi connectivity index (χ1) is 7.57. The molecular formula is C15H23N. The molecule has 1 fully saturated rings. The maximum Gasteiger partial charge on any atom is -0.00431 e. The summed E-state index contributed by atoms with van der Waals surface area (Å²) in [5, 5.41) is 3.42. The summed E-state index contributed by atoms with van der Waals surface area (Å²) in [7, 11) is 0. The Balaban J connectivity index is 2.12. The number of hydrogen-bond donors (Lipinski definition) is 1. The van der Waals surface area contributed by atoms with Crippen molar-refractivity contribution in [3.8, 4) is 0 Å². The molecule has 0 radical (unpaired) electrons. The molecule has 2 rings (SSSR count). The zero-order valence-electron chi connectivity index (χ0n) is 10.7. The van der Waals surface area contributed by atoms with Gasteiger partial charge < -0.3 is 5.32 Å². The van der Waals surface area contributed by atoms with E-state index >= 15 is 0 Å². The lowest BCUT2D eigenvalue weighted by Gasteiger charge is -2.24. The van der Waals surface area contributed by atoms with Crippen LogP contribution in [0.4, 0.5) is 0 Å². The number of piperidine rings is 1. The molecule has 1 heterocycles. The molecule has 1 heteroatoms. The summed E-state index contributed by atoms with van der Waals surface area (Å²) in [5.74, 6) is 0.773. The van der Waals surface area contributed by atoms with Crippen LogP contribution >= 0.6 is 0 Å². The summed E-state index contributed by atoms with van der Waals surface area (Å²) in [6.07, 6.45) is 2.57. The van der Waals surface area contributed by atoms with Crippen LogP contribution in [-0.2, 0) is 5.41 Å². The monoisotopic (exact) mass is 217 g/mol. The van der Waals surface area contributed by atoms with E-state index in [9.17, 15) is 0 Å². The molecule has 1 N–H and O–H groups in total. The highest BCUT2D eigenvalue weighted by Gasteiger charge is 2.17. The highest BCUT2D eigenvalue weighted by molar-refractivity contribution is 5.29. The third-order valence-electron chi connectivity index (χ3n) is 3.59. The number of hydrogen-bond acceptors (Lipinski definition) is 1. The van der Waals surface area contributed by atoms with Crippen molar-refractivity contribution >= 4 is 0 Å². The van der Waals surface area contributed by atoms with E-state index in [1.807, 2.05) is 0 Å². The molecule has 0 saturated carbocycles. The van der Waals surface area contributed by atoms with Gasteiger partial charge in [-0.15, -0.1) is 0 Å². The maximum atomic E-state index is 3.42. The van der Waals surface area contributed by atoms with Crippen molar-refractivity contribution in [1.82, 2.24) is 5.32 Å². The van der Waals surface area contributed by atoms with Crippen molar-refractivity contribution in [2.75, 3.05) is 13.1 Å². The topological polar surface area (TPSA) is 12.0 Å². The van der Waals surface area contributed by atoms with Gasteiger partial charge in [0.05, 0.1) is 0 Å². The summed E-state index contributed by atoms with van der Waals surface area (Å²) >= 11 is 0. The summed E-state index contributed by atoms with van der Waals surface area (Å²) < 4.78 is 0. The fourth-order valence-corrected chi connectivity index (χ4v) is 2.41. The fraction of sp³-hybridized carbons (Fsp3) is 0.600. The Kier molecular flexibility index (Phi) is 3.34. The second kappa shape index (κ2) is 4.58. The number of rotatable bonds is 1. The number of benzene rings is 1. The van der Waals surface area contributed by atoms with Gasteiger partial charge in [-0.25, -0.2) is 0 Å². The molecule has 0 spiro atoms. The Morgan fingerprint density at radius 2 is 1.56 bits per heavy atom. The van der Waals surface area contributed by atoms with Crippen LogP contribution in [0.25, 0.3) is 0 Å². The van der Waals surface area contributed by atoms with Gasteiger partial charge >= 0.3 is 0 Å². The minimum absolute atomic E-state index is 0.270. The van der Waals surface area contributed by atoms with E-state index < -0.39 is 0 Å². The van der Waals surface area contributed by atoms with E-state index in [1.165, 1.54) is 37.1 Å². The van der Waals surface area contributed by atoms with Crippen molar-refractivity contribution in [2.24, 2.45) is 0 Å². The average molecular weight is 217 g/mol. The van der Waals surface area contributed by atoms with Crippen LogP contribution in [0.1, 0.15) is 50.7 Å². The van der Waals surface area contributed by atoms with Crippen LogP contribution in [-0.4, -0.2) is 13.1 Å². The molecular weight excluding hydrogens is 194 g/mol. The first kappa shape index (κ1) is 11.7. The Labute approximate surface area is 99.3 Å². The minimum Gasteiger partial charge on any atom is -0.317 e. The third-order valence-corrected chi connectivity index (χ3v) is 3.59. The van der Waals surface area contributed by atoms with Gasteiger partial charge in [0, 0.05) is 0 Å². The van der Waals surface area contributed by atoms with E-state index in [1.54, 1.807) is 0 Å². The Bertz CT molecular complexity index is 325. The van der Waals surface area contributed by atoms with Crippen molar-refractivity contribution in [3.63, 3.8) is 0 Å². The highest BCUT2D eigenvalue weighted by atomic mass is 14.9. The van der Waals surface area contributed by atoms with E-state index in [-0.39, 0.29) is 5.41 Å². The molecule has 1 aliphatic rings. The molecule has 88 valence electrons. The molecule has 1 aromatic carbocycles. The smallest absolute Gasteiger partial charge is 0.00431 e. The molecule has 1 nitrogen and oxygen atoms in total. The van der Waals surface area contributed by atoms with Gasteiger partial charge in [-0.3, -0.25) is 0 Å². The zero-order chi connectivity index (χ0) is 11.6. The summed E-state index contributed by atoms with van der Waals surface area (Å²) in [5.41, 5.74) is 3.23. The summed E-state index contributed by atoms with van der Waals surface area (Å²) in [4.78, 5) is 0. The van der Waals surface area contributed by atoms with Crippen LogP contribution in [0.3, 0.4) is 0 Å². The van der Waals surface area contributed by atoms with Gasteiger partial charge in [0.15, 0.2) is 0 Å². The second-order valence-corrected chi connectivity index (χ2v) is 5.90. The lowest BCUT2D eigenvalue weighted by molar-refractivity contribution is 0.460. The molecule has 0 atom stereocenters. The first-order valence-corrected chi connectivity index (χ1v) is 6.38. The molecule has 0 aromatic heterocycles. The van der Waals surface area contributed by atoms with E-state index in [2.05, 4.69) is 50.4 Å². The number of nitrogens with one attached hydrogen (secondary N) is 1. The Morgan fingerprint density at radius 1 is 1.00 bits per heavy atom. The van der Waals surface area contributed by atoms with Crippen LogP contribution in [0.5, 0.6) is 0 Å².